The van der Waals surface area contributed by atoms with Crippen molar-refractivity contribution < 1.29 is 106 Å². The Balaban J connectivity index is 4.17. The molecule has 0 unspecified atom stereocenters. The second-order valence-corrected chi connectivity index (χ2v) is 18.2. The molecule has 0 fully saturated rings. The minimum absolute atomic E-state index is 0.172. The van der Waals surface area contributed by atoms with E-state index in [-0.39, 0.29) is 25.7 Å². The van der Waals surface area contributed by atoms with Crippen LogP contribution in [-0.2, 0) is 0 Å². The molecule has 0 amide bonds. The second-order valence-electron chi connectivity index (χ2n) is 18.2. The van der Waals surface area contributed by atoms with Crippen molar-refractivity contribution in [3.63, 3.8) is 0 Å². The molecule has 0 atom stereocenters. The van der Waals surface area contributed by atoms with Crippen molar-refractivity contribution >= 4 is 0 Å². The molecular formula is C40H64F22N2+2. The Morgan fingerprint density at radius 2 is 0.391 bits per heavy atom. The molecular weight excluding hydrogens is 926 g/mol. The third-order valence-electron chi connectivity index (χ3n) is 11.6. The first kappa shape index (κ1) is 62.4. The van der Waals surface area contributed by atoms with E-state index in [1.165, 1.54) is 0 Å². The molecule has 24 heteroatoms. The molecule has 0 N–H and O–H groups in total. The molecule has 0 bridgehead atoms. The number of hydrogen-bond acceptors (Lipinski definition) is 0. The number of halogens is 22. The van der Waals surface area contributed by atoms with Gasteiger partial charge in [0.25, 0.3) is 0 Å². The quantitative estimate of drug-likeness (QED) is 0.0349. The van der Waals surface area contributed by atoms with Crippen molar-refractivity contribution in [3.05, 3.63) is 0 Å². The van der Waals surface area contributed by atoms with Crippen LogP contribution in [0.25, 0.3) is 0 Å². The van der Waals surface area contributed by atoms with Crippen molar-refractivity contribution in [1.82, 2.24) is 0 Å². The van der Waals surface area contributed by atoms with Gasteiger partial charge in [-0.05, 0) is 64.2 Å². The van der Waals surface area contributed by atoms with Gasteiger partial charge in [-0.3, -0.25) is 0 Å². The van der Waals surface area contributed by atoms with Gasteiger partial charge >= 0.3 is 59.7 Å². The van der Waals surface area contributed by atoms with E-state index in [0.717, 1.165) is 99.4 Å². The molecule has 0 aromatic heterocycles. The first-order valence-corrected chi connectivity index (χ1v) is 21.4. The largest absolute Gasteiger partial charge is 0.438 e. The van der Waals surface area contributed by atoms with Gasteiger partial charge < -0.3 is 8.97 Å². The topological polar surface area (TPSA) is 0 Å². The molecule has 386 valence electrons. The standard InChI is InChI=1S/C40H64F22N2/c1-63(2,27-21-15-11-7-5-9-13-19-25-31(41,42)35(47,48)33(45,37(51,52)53)38(54,55)56)29-23-17-18-24-30-64(3,4)28-22-16-12-8-6-10-14-20-26-32(43,44)36(49,50)34(46,39(57,58)59)40(60,61)62/h5-30H2,1-4H3/q+2. The second kappa shape index (κ2) is 24.1. The summed E-state index contributed by atoms with van der Waals surface area (Å²) in [6.07, 6.45) is -23.8. The monoisotopic (exact) mass is 990 g/mol. The van der Waals surface area contributed by atoms with Crippen molar-refractivity contribution in [3.8, 4) is 0 Å². The van der Waals surface area contributed by atoms with Gasteiger partial charge in [-0.25, -0.2) is 8.78 Å². The number of alkyl halides is 22. The lowest BCUT2D eigenvalue weighted by molar-refractivity contribution is -0.891. The fourth-order valence-electron chi connectivity index (χ4n) is 7.40. The lowest BCUT2D eigenvalue weighted by Gasteiger charge is -2.39. The lowest BCUT2D eigenvalue weighted by Crippen LogP contribution is -2.70. The maximum Gasteiger partial charge on any atom is 0.438 e. The summed E-state index contributed by atoms with van der Waals surface area (Å²) in [7, 11) is 8.37. The number of quaternary nitrogens is 2. The zero-order valence-corrected chi connectivity index (χ0v) is 36.6. The Morgan fingerprint density at radius 3 is 0.562 bits per heavy atom. The van der Waals surface area contributed by atoms with Crippen LogP contribution in [-0.4, -0.2) is 123 Å². The third kappa shape index (κ3) is 17.2. The highest BCUT2D eigenvalue weighted by atomic mass is 19.4. The maximum absolute atomic E-state index is 13.9. The molecule has 0 aromatic rings. The van der Waals surface area contributed by atoms with E-state index in [4.69, 9.17) is 0 Å². The Morgan fingerprint density at radius 1 is 0.234 bits per heavy atom. The van der Waals surface area contributed by atoms with E-state index in [9.17, 15) is 96.6 Å². The van der Waals surface area contributed by atoms with Gasteiger partial charge in [0.1, 0.15) is 0 Å². The summed E-state index contributed by atoms with van der Waals surface area (Å²) in [4.78, 5) is 0. The highest BCUT2D eigenvalue weighted by Crippen LogP contribution is 2.61. The van der Waals surface area contributed by atoms with Crippen molar-refractivity contribution in [2.75, 3.05) is 54.4 Å². The van der Waals surface area contributed by atoms with Gasteiger partial charge in [0, 0.05) is 12.8 Å². The molecule has 0 aromatic carbocycles. The van der Waals surface area contributed by atoms with Crippen molar-refractivity contribution in [2.24, 2.45) is 0 Å². The number of unbranched alkanes of at least 4 members (excludes halogenated alkanes) is 17. The molecule has 0 heterocycles. The van der Waals surface area contributed by atoms with Gasteiger partial charge in [0.05, 0.1) is 54.4 Å². The molecule has 0 radical (unpaired) electrons. The maximum atomic E-state index is 13.9. The fourth-order valence-corrected chi connectivity index (χ4v) is 7.40. The van der Waals surface area contributed by atoms with Gasteiger partial charge in [-0.2, -0.15) is 87.8 Å². The van der Waals surface area contributed by atoms with E-state index in [1.807, 2.05) is 0 Å². The minimum Gasteiger partial charge on any atom is -0.328 e. The molecule has 0 saturated heterocycles. The van der Waals surface area contributed by atoms with Crippen LogP contribution in [0.15, 0.2) is 0 Å². The van der Waals surface area contributed by atoms with Crippen LogP contribution in [0.4, 0.5) is 96.6 Å². The SMILES string of the molecule is C[N+](C)(CCCCCCCCCCC(F)(F)C(F)(F)C(F)(C(F)(F)F)C(F)(F)F)CCCCCC[N+](C)(C)CCCCCCCCCCC(F)(F)C(F)(F)C(F)(C(F)(F)F)C(F)(F)F. The van der Waals surface area contributed by atoms with Crippen molar-refractivity contribution in [2.45, 2.75) is 201 Å². The molecule has 64 heavy (non-hydrogen) atoms. The van der Waals surface area contributed by atoms with E-state index in [1.54, 1.807) is 0 Å². The number of nitrogens with zero attached hydrogens (tertiary/aromatic N) is 2. The Bertz CT molecular complexity index is 1180. The molecule has 0 spiro atoms. The smallest absolute Gasteiger partial charge is 0.328 e. The summed E-state index contributed by atoms with van der Waals surface area (Å²) in [5, 5.41) is 0. The number of hydrogen-bond donors (Lipinski definition) is 0. The predicted octanol–water partition coefficient (Wildman–Crippen LogP) is 15.9. The van der Waals surface area contributed by atoms with E-state index < -0.39 is 85.4 Å². The molecule has 0 aliphatic rings. The Kier molecular flexibility index (Phi) is 23.5. The zero-order chi connectivity index (χ0) is 50.4. The van der Waals surface area contributed by atoms with Crippen LogP contribution in [0.3, 0.4) is 0 Å². The molecule has 2 nitrogen and oxygen atoms in total. The average Bonchev–Trinajstić information content (AvgIpc) is 3.11. The first-order valence-electron chi connectivity index (χ1n) is 21.4. The van der Waals surface area contributed by atoms with E-state index in [0.29, 0.717) is 25.7 Å². The van der Waals surface area contributed by atoms with Gasteiger partial charge in [-0.1, -0.05) is 64.2 Å². The average molecular weight is 991 g/mol. The minimum atomic E-state index is -7.41. The van der Waals surface area contributed by atoms with Crippen LogP contribution in [0.5, 0.6) is 0 Å². The zero-order valence-electron chi connectivity index (χ0n) is 36.6. The van der Waals surface area contributed by atoms with E-state index >= 15 is 0 Å². The number of rotatable bonds is 33. The summed E-state index contributed by atoms with van der Waals surface area (Å²) in [6.45, 7) is 3.63. The Hall–Kier alpha value is -1.62. The fraction of sp³-hybridized carbons (Fsp3) is 1.00. The lowest BCUT2D eigenvalue weighted by atomic mass is 9.88. The summed E-state index contributed by atoms with van der Waals surface area (Å²) in [5.74, 6) is -25.9. The van der Waals surface area contributed by atoms with Crippen LogP contribution < -0.4 is 0 Å². The summed E-state index contributed by atoms with van der Waals surface area (Å²) < 4.78 is 291. The first-order chi connectivity index (χ1) is 28.6. The molecule has 0 saturated carbocycles. The predicted molar refractivity (Wildman–Crippen MR) is 197 cm³/mol. The van der Waals surface area contributed by atoms with Crippen LogP contribution in [0.1, 0.15) is 141 Å². The summed E-state index contributed by atoms with van der Waals surface area (Å²) in [5.41, 5.74) is -14.8. The molecule has 0 aliphatic heterocycles. The molecule has 0 rings (SSSR count). The Labute approximate surface area is 361 Å². The van der Waals surface area contributed by atoms with Crippen molar-refractivity contribution in [1.29, 1.82) is 0 Å². The highest BCUT2D eigenvalue weighted by Gasteiger charge is 2.90. The van der Waals surface area contributed by atoms with Gasteiger partial charge in [0.2, 0.25) is 0 Å². The summed E-state index contributed by atoms with van der Waals surface area (Å²) in [6, 6.07) is 0. The van der Waals surface area contributed by atoms with Gasteiger partial charge in [0.15, 0.2) is 0 Å². The molecule has 0 aliphatic carbocycles. The van der Waals surface area contributed by atoms with Crippen LogP contribution in [0.2, 0.25) is 0 Å². The third-order valence-corrected chi connectivity index (χ3v) is 11.6. The summed E-state index contributed by atoms with van der Waals surface area (Å²) >= 11 is 0. The van der Waals surface area contributed by atoms with Crippen LogP contribution >= 0.6 is 0 Å². The van der Waals surface area contributed by atoms with Gasteiger partial charge in [-0.15, -0.1) is 0 Å². The highest BCUT2D eigenvalue weighted by molar-refractivity contribution is 5.12. The van der Waals surface area contributed by atoms with E-state index in [2.05, 4.69) is 28.2 Å². The normalized spacial score (nSPS) is 15.1. The van der Waals surface area contributed by atoms with Crippen LogP contribution in [0, 0.1) is 0 Å².